The number of nitrogens with one attached hydrogen (secondary N) is 1. The monoisotopic (exact) mass is 251 g/mol. The zero-order valence-electron chi connectivity index (χ0n) is 9.71. The van der Waals surface area contributed by atoms with E-state index in [1.807, 2.05) is 0 Å². The largest absolute Gasteiger partial charge is 0.478 e. The number of hydrogen-bond acceptors (Lipinski definition) is 3. The molecule has 0 heterocycles. The van der Waals surface area contributed by atoms with Crippen molar-refractivity contribution in [1.29, 1.82) is 0 Å². The molecule has 1 aromatic rings. The summed E-state index contributed by atoms with van der Waals surface area (Å²) in [6.45, 7) is -0.249. The first-order valence-corrected chi connectivity index (χ1v) is 5.04. The quantitative estimate of drug-likeness (QED) is 0.715. The highest BCUT2D eigenvalue weighted by Crippen LogP contribution is 2.15. The molecule has 0 bridgehead atoms. The second-order valence-electron chi connectivity index (χ2n) is 3.60. The summed E-state index contributed by atoms with van der Waals surface area (Å²) in [5.41, 5.74) is 5.08. The summed E-state index contributed by atoms with van der Waals surface area (Å²) in [6, 6.07) is 5.36. The molecule has 4 N–H and O–H groups in total. The Balaban J connectivity index is 2.82. The number of rotatable bonds is 4. The molecule has 0 aliphatic heterocycles. The first-order chi connectivity index (χ1) is 8.41. The Morgan fingerprint density at radius 3 is 2.50 bits per heavy atom. The third-order valence-electron chi connectivity index (χ3n) is 2.14. The number of hydrogen-bond donors (Lipinski definition) is 3. The van der Waals surface area contributed by atoms with E-state index >= 15 is 0 Å². The van der Waals surface area contributed by atoms with Crippen molar-refractivity contribution in [1.82, 2.24) is 4.90 Å². The third kappa shape index (κ3) is 3.48. The van der Waals surface area contributed by atoms with Gasteiger partial charge in [-0.25, -0.2) is 9.59 Å². The predicted octanol–water partition coefficient (Wildman–Crippen LogP) is 0.334. The summed E-state index contributed by atoms with van der Waals surface area (Å²) in [5, 5.41) is 11.3. The topological polar surface area (TPSA) is 113 Å². The average molecular weight is 251 g/mol. The van der Waals surface area contributed by atoms with Crippen molar-refractivity contribution in [2.45, 2.75) is 0 Å². The van der Waals surface area contributed by atoms with E-state index in [-0.39, 0.29) is 17.8 Å². The van der Waals surface area contributed by atoms with Crippen molar-refractivity contribution in [3.05, 3.63) is 29.8 Å². The molecule has 18 heavy (non-hydrogen) atoms. The van der Waals surface area contributed by atoms with Gasteiger partial charge in [-0.15, -0.1) is 0 Å². The van der Waals surface area contributed by atoms with E-state index in [1.54, 1.807) is 12.1 Å². The number of carbonyl (C=O) groups is 3. The molecule has 0 fully saturated rings. The lowest BCUT2D eigenvalue weighted by Crippen LogP contribution is -2.38. The fourth-order valence-electron chi connectivity index (χ4n) is 1.29. The van der Waals surface area contributed by atoms with Gasteiger partial charge in [0.2, 0.25) is 5.91 Å². The van der Waals surface area contributed by atoms with Gasteiger partial charge in [-0.3, -0.25) is 4.79 Å². The highest BCUT2D eigenvalue weighted by Gasteiger charge is 2.15. The maximum Gasteiger partial charge on any atom is 0.337 e. The van der Waals surface area contributed by atoms with Crippen LogP contribution < -0.4 is 11.1 Å². The minimum Gasteiger partial charge on any atom is -0.478 e. The van der Waals surface area contributed by atoms with Crippen LogP contribution in [0.5, 0.6) is 0 Å². The van der Waals surface area contributed by atoms with Crippen LogP contribution in [0.25, 0.3) is 0 Å². The lowest BCUT2D eigenvalue weighted by atomic mass is 10.2. The number of likely N-dealkylation sites (N-methyl/N-ethyl adjacent to an activating group) is 1. The Morgan fingerprint density at radius 1 is 1.33 bits per heavy atom. The summed E-state index contributed by atoms with van der Waals surface area (Å²) in [6.07, 6.45) is 0. The van der Waals surface area contributed by atoms with Crippen molar-refractivity contribution in [2.24, 2.45) is 5.73 Å². The van der Waals surface area contributed by atoms with Gasteiger partial charge in [0.05, 0.1) is 11.3 Å². The smallest absolute Gasteiger partial charge is 0.337 e. The summed E-state index contributed by atoms with van der Waals surface area (Å²) >= 11 is 0. The molecule has 0 aliphatic rings. The standard InChI is InChI=1S/C11H13N3O4/c1-14(6-9(12)15)11(18)13-8-5-3-2-4-7(8)10(16)17/h2-5H,6H2,1H3,(H2,12,15)(H,13,18)(H,16,17). The van der Waals surface area contributed by atoms with E-state index in [0.29, 0.717) is 0 Å². The van der Waals surface area contributed by atoms with Gasteiger partial charge in [-0.05, 0) is 12.1 Å². The number of amides is 3. The Morgan fingerprint density at radius 2 is 1.94 bits per heavy atom. The maximum atomic E-state index is 11.6. The summed E-state index contributed by atoms with van der Waals surface area (Å²) in [7, 11) is 1.38. The fourth-order valence-corrected chi connectivity index (χ4v) is 1.29. The molecule has 0 spiro atoms. The van der Waals surface area contributed by atoms with E-state index in [2.05, 4.69) is 5.32 Å². The van der Waals surface area contributed by atoms with Crippen LogP contribution in [0.1, 0.15) is 10.4 Å². The van der Waals surface area contributed by atoms with Crippen molar-refractivity contribution >= 4 is 23.6 Å². The maximum absolute atomic E-state index is 11.6. The molecule has 0 unspecified atom stereocenters. The zero-order chi connectivity index (χ0) is 13.7. The number of nitrogens with two attached hydrogens (primary N) is 1. The van der Waals surface area contributed by atoms with Crippen LogP contribution in [-0.2, 0) is 4.79 Å². The first-order valence-electron chi connectivity index (χ1n) is 5.04. The number of carboxylic acids is 1. The number of benzene rings is 1. The molecule has 0 aromatic heterocycles. The molecular weight excluding hydrogens is 238 g/mol. The van der Waals surface area contributed by atoms with Gasteiger partial charge >= 0.3 is 12.0 Å². The van der Waals surface area contributed by atoms with Crippen LogP contribution in [0.2, 0.25) is 0 Å². The second-order valence-corrected chi connectivity index (χ2v) is 3.60. The van der Waals surface area contributed by atoms with Gasteiger partial charge in [0.25, 0.3) is 0 Å². The molecule has 1 aromatic carbocycles. The second kappa shape index (κ2) is 5.67. The van der Waals surface area contributed by atoms with E-state index in [4.69, 9.17) is 10.8 Å². The number of nitrogens with zero attached hydrogens (tertiary/aromatic N) is 1. The Labute approximate surface area is 103 Å². The van der Waals surface area contributed by atoms with Crippen molar-refractivity contribution in [2.75, 3.05) is 18.9 Å². The molecule has 0 aliphatic carbocycles. The molecule has 0 saturated carbocycles. The Bertz CT molecular complexity index is 487. The Hall–Kier alpha value is -2.57. The summed E-state index contributed by atoms with van der Waals surface area (Å²) in [4.78, 5) is 34.3. The number of para-hydroxylation sites is 1. The van der Waals surface area contributed by atoms with Gasteiger partial charge in [-0.2, -0.15) is 0 Å². The minimum atomic E-state index is -1.15. The average Bonchev–Trinajstić information content (AvgIpc) is 2.28. The SMILES string of the molecule is CN(CC(N)=O)C(=O)Nc1ccccc1C(=O)O. The van der Waals surface area contributed by atoms with Crippen molar-refractivity contribution in [3.63, 3.8) is 0 Å². The van der Waals surface area contributed by atoms with E-state index in [9.17, 15) is 14.4 Å². The van der Waals surface area contributed by atoms with Crippen LogP contribution in [0, 0.1) is 0 Å². The van der Waals surface area contributed by atoms with Crippen LogP contribution >= 0.6 is 0 Å². The lowest BCUT2D eigenvalue weighted by molar-refractivity contribution is -0.118. The highest BCUT2D eigenvalue weighted by atomic mass is 16.4. The molecule has 7 heteroatoms. The number of carboxylic acid groups (broad SMARTS) is 1. The predicted molar refractivity (Wildman–Crippen MR) is 64.2 cm³/mol. The number of primary amides is 1. The summed E-state index contributed by atoms with van der Waals surface area (Å²) in [5.74, 6) is -1.80. The van der Waals surface area contributed by atoms with Crippen molar-refractivity contribution < 1.29 is 19.5 Å². The number of anilines is 1. The molecule has 96 valence electrons. The van der Waals surface area contributed by atoms with E-state index < -0.39 is 17.9 Å². The highest BCUT2D eigenvalue weighted by molar-refractivity contribution is 6.00. The summed E-state index contributed by atoms with van der Waals surface area (Å²) < 4.78 is 0. The normalized spacial score (nSPS) is 9.61. The van der Waals surface area contributed by atoms with Gasteiger partial charge in [0.1, 0.15) is 6.54 Å². The number of urea groups is 1. The molecule has 0 atom stereocenters. The van der Waals surface area contributed by atoms with Gasteiger partial charge in [0.15, 0.2) is 0 Å². The third-order valence-corrected chi connectivity index (χ3v) is 2.14. The number of aromatic carboxylic acids is 1. The minimum absolute atomic E-state index is 0.0293. The van der Waals surface area contributed by atoms with Crippen LogP contribution in [-0.4, -0.2) is 41.5 Å². The Kier molecular flexibility index (Phi) is 4.25. The number of carbonyl (C=O) groups excluding carboxylic acids is 2. The lowest BCUT2D eigenvalue weighted by Gasteiger charge is -2.16. The molecule has 0 radical (unpaired) electrons. The fraction of sp³-hybridized carbons (Fsp3) is 0.182. The molecule has 3 amide bonds. The molecule has 7 nitrogen and oxygen atoms in total. The van der Waals surface area contributed by atoms with Gasteiger partial charge < -0.3 is 21.1 Å². The van der Waals surface area contributed by atoms with E-state index in [0.717, 1.165) is 4.90 Å². The van der Waals surface area contributed by atoms with E-state index in [1.165, 1.54) is 19.2 Å². The van der Waals surface area contributed by atoms with Gasteiger partial charge in [-0.1, -0.05) is 12.1 Å². The van der Waals surface area contributed by atoms with Crippen molar-refractivity contribution in [3.8, 4) is 0 Å². The molecular formula is C11H13N3O4. The van der Waals surface area contributed by atoms with Crippen LogP contribution in [0.3, 0.4) is 0 Å². The molecule has 1 rings (SSSR count). The van der Waals surface area contributed by atoms with Crippen LogP contribution in [0.15, 0.2) is 24.3 Å². The molecule has 0 saturated heterocycles. The first kappa shape index (κ1) is 13.5. The zero-order valence-corrected chi connectivity index (χ0v) is 9.71. The van der Waals surface area contributed by atoms with Crippen LogP contribution in [0.4, 0.5) is 10.5 Å². The van der Waals surface area contributed by atoms with Gasteiger partial charge in [0, 0.05) is 7.05 Å².